The van der Waals surface area contributed by atoms with Crippen molar-refractivity contribution in [1.82, 2.24) is 15.0 Å². The van der Waals surface area contributed by atoms with Gasteiger partial charge in [0.15, 0.2) is 5.65 Å². The maximum absolute atomic E-state index is 4.41. The van der Waals surface area contributed by atoms with Gasteiger partial charge < -0.3 is 0 Å². The van der Waals surface area contributed by atoms with Crippen molar-refractivity contribution >= 4 is 11.2 Å². The van der Waals surface area contributed by atoms with Crippen molar-refractivity contribution in [1.29, 1.82) is 0 Å². The van der Waals surface area contributed by atoms with E-state index in [9.17, 15) is 0 Å². The summed E-state index contributed by atoms with van der Waals surface area (Å²) in [6, 6.07) is 2.00. The lowest BCUT2D eigenvalue weighted by molar-refractivity contribution is 1.07. The van der Waals surface area contributed by atoms with Crippen molar-refractivity contribution in [3.63, 3.8) is 0 Å². The van der Waals surface area contributed by atoms with E-state index in [0.29, 0.717) is 0 Å². The molecule has 0 saturated heterocycles. The monoisotopic (exact) mass is 203 g/mol. The van der Waals surface area contributed by atoms with Crippen molar-refractivity contribution in [2.75, 3.05) is 0 Å². The van der Waals surface area contributed by atoms with Gasteiger partial charge in [0.2, 0.25) is 0 Å². The standard InChI is InChI=1S/C10H11N3.C2H6/c1-6-4-9-10(11-5-6)13-8(3)7(2)12-9;1-2/h4-5H,1-3H3;1-2H3. The molecule has 0 aliphatic rings. The van der Waals surface area contributed by atoms with E-state index in [1.54, 1.807) is 0 Å². The van der Waals surface area contributed by atoms with Crippen molar-refractivity contribution in [3.8, 4) is 0 Å². The summed E-state index contributed by atoms with van der Waals surface area (Å²) in [4.78, 5) is 13.0. The molecule has 0 spiro atoms. The number of fused-ring (bicyclic) bond motifs is 1. The van der Waals surface area contributed by atoms with Gasteiger partial charge in [0, 0.05) is 6.20 Å². The molecule has 2 heterocycles. The molecule has 0 unspecified atom stereocenters. The summed E-state index contributed by atoms with van der Waals surface area (Å²) in [5.41, 5.74) is 4.64. The van der Waals surface area contributed by atoms with Gasteiger partial charge in [-0.2, -0.15) is 0 Å². The Morgan fingerprint density at radius 3 is 2.20 bits per heavy atom. The summed E-state index contributed by atoms with van der Waals surface area (Å²) < 4.78 is 0. The third-order valence-corrected chi connectivity index (χ3v) is 2.07. The predicted octanol–water partition coefficient (Wildman–Crippen LogP) is 2.98. The second kappa shape index (κ2) is 4.82. The maximum atomic E-state index is 4.41. The summed E-state index contributed by atoms with van der Waals surface area (Å²) in [7, 11) is 0. The lowest BCUT2D eigenvalue weighted by atomic mass is 10.3. The molecule has 0 fully saturated rings. The van der Waals surface area contributed by atoms with Gasteiger partial charge in [-0.25, -0.2) is 15.0 Å². The molecule has 15 heavy (non-hydrogen) atoms. The highest BCUT2D eigenvalue weighted by atomic mass is 14.9. The van der Waals surface area contributed by atoms with Crippen molar-refractivity contribution in [3.05, 3.63) is 29.2 Å². The Kier molecular flexibility index (Phi) is 3.72. The lowest BCUT2D eigenvalue weighted by Crippen LogP contribution is -1.95. The van der Waals surface area contributed by atoms with Crippen LogP contribution in [0.3, 0.4) is 0 Å². The molecule has 0 atom stereocenters. The second-order valence-corrected chi connectivity index (χ2v) is 3.25. The molecule has 3 heteroatoms. The number of rotatable bonds is 0. The first-order valence-electron chi connectivity index (χ1n) is 5.24. The van der Waals surface area contributed by atoms with Gasteiger partial charge in [-0.1, -0.05) is 13.8 Å². The molecule has 3 nitrogen and oxygen atoms in total. The van der Waals surface area contributed by atoms with Gasteiger partial charge in [-0.05, 0) is 32.4 Å². The van der Waals surface area contributed by atoms with Crippen LogP contribution < -0.4 is 0 Å². The zero-order valence-electron chi connectivity index (χ0n) is 10.00. The van der Waals surface area contributed by atoms with Crippen LogP contribution in [0.1, 0.15) is 30.8 Å². The number of hydrogen-bond donors (Lipinski definition) is 0. The largest absolute Gasteiger partial charge is 0.248 e. The molecule has 0 saturated carbocycles. The van der Waals surface area contributed by atoms with E-state index in [0.717, 1.165) is 28.1 Å². The smallest absolute Gasteiger partial charge is 0.178 e. The molecule has 2 rings (SSSR count). The minimum absolute atomic E-state index is 0.730. The van der Waals surface area contributed by atoms with Gasteiger partial charge in [0.1, 0.15) is 5.52 Å². The van der Waals surface area contributed by atoms with Crippen LogP contribution in [0.5, 0.6) is 0 Å². The van der Waals surface area contributed by atoms with Gasteiger partial charge in [0.05, 0.1) is 11.4 Å². The lowest BCUT2D eigenvalue weighted by Gasteiger charge is -2.01. The van der Waals surface area contributed by atoms with Crippen LogP contribution in [0.4, 0.5) is 0 Å². The SMILES string of the molecule is CC.Cc1cnc2nc(C)c(C)nc2c1. The fraction of sp³-hybridized carbons (Fsp3) is 0.417. The second-order valence-electron chi connectivity index (χ2n) is 3.25. The highest BCUT2D eigenvalue weighted by Gasteiger charge is 2.01. The zero-order valence-corrected chi connectivity index (χ0v) is 10.00. The minimum atomic E-state index is 0.730. The topological polar surface area (TPSA) is 38.7 Å². The van der Waals surface area contributed by atoms with Crippen molar-refractivity contribution in [2.45, 2.75) is 34.6 Å². The summed E-state index contributed by atoms with van der Waals surface area (Å²) >= 11 is 0. The van der Waals surface area contributed by atoms with E-state index in [1.807, 2.05) is 46.9 Å². The minimum Gasteiger partial charge on any atom is -0.248 e. The average molecular weight is 203 g/mol. The van der Waals surface area contributed by atoms with E-state index in [2.05, 4.69) is 15.0 Å². The van der Waals surface area contributed by atoms with E-state index >= 15 is 0 Å². The molecule has 0 bridgehead atoms. The Morgan fingerprint density at radius 2 is 1.53 bits per heavy atom. The zero-order chi connectivity index (χ0) is 11.4. The highest BCUT2D eigenvalue weighted by molar-refractivity contribution is 5.70. The van der Waals surface area contributed by atoms with E-state index < -0.39 is 0 Å². The Morgan fingerprint density at radius 1 is 0.933 bits per heavy atom. The van der Waals surface area contributed by atoms with Crippen LogP contribution in [-0.4, -0.2) is 15.0 Å². The van der Waals surface area contributed by atoms with Gasteiger partial charge in [-0.15, -0.1) is 0 Å². The molecular weight excluding hydrogens is 186 g/mol. The van der Waals surface area contributed by atoms with Crippen molar-refractivity contribution in [2.24, 2.45) is 0 Å². The molecule has 0 N–H and O–H groups in total. The van der Waals surface area contributed by atoms with Crippen LogP contribution >= 0.6 is 0 Å². The van der Waals surface area contributed by atoms with E-state index in [4.69, 9.17) is 0 Å². The summed E-state index contributed by atoms with van der Waals surface area (Å²) in [5, 5.41) is 0. The first-order chi connectivity index (χ1) is 7.16. The number of hydrogen-bond acceptors (Lipinski definition) is 3. The number of nitrogens with zero attached hydrogens (tertiary/aromatic N) is 3. The fourth-order valence-electron chi connectivity index (χ4n) is 1.22. The molecule has 80 valence electrons. The number of aryl methyl sites for hydroxylation is 3. The molecule has 2 aromatic heterocycles. The normalized spacial score (nSPS) is 9.67. The maximum Gasteiger partial charge on any atom is 0.178 e. The van der Waals surface area contributed by atoms with Gasteiger partial charge in [0.25, 0.3) is 0 Å². The summed E-state index contributed by atoms with van der Waals surface area (Å²) in [5.74, 6) is 0. The van der Waals surface area contributed by atoms with E-state index in [1.165, 1.54) is 0 Å². The van der Waals surface area contributed by atoms with Crippen LogP contribution in [0.2, 0.25) is 0 Å². The van der Waals surface area contributed by atoms with Gasteiger partial charge >= 0.3 is 0 Å². The highest BCUT2D eigenvalue weighted by Crippen LogP contribution is 2.10. The number of pyridine rings is 1. The molecule has 2 aromatic rings. The molecular formula is C12H17N3. The van der Waals surface area contributed by atoms with Crippen LogP contribution in [0.15, 0.2) is 12.3 Å². The molecule has 0 radical (unpaired) electrons. The predicted molar refractivity (Wildman–Crippen MR) is 62.9 cm³/mol. The molecule has 0 aliphatic heterocycles. The Hall–Kier alpha value is -1.51. The first-order valence-corrected chi connectivity index (χ1v) is 5.24. The van der Waals surface area contributed by atoms with Crippen LogP contribution in [0.25, 0.3) is 11.2 Å². The number of aromatic nitrogens is 3. The van der Waals surface area contributed by atoms with Crippen molar-refractivity contribution < 1.29 is 0 Å². The van der Waals surface area contributed by atoms with Crippen LogP contribution in [-0.2, 0) is 0 Å². The molecule has 0 aliphatic carbocycles. The molecule has 0 aromatic carbocycles. The summed E-state index contributed by atoms with van der Waals surface area (Å²) in [6.45, 7) is 9.91. The van der Waals surface area contributed by atoms with Gasteiger partial charge in [-0.3, -0.25) is 0 Å². The first kappa shape index (κ1) is 11.6. The average Bonchev–Trinajstić information content (AvgIpc) is 2.23. The molecule has 0 amide bonds. The third-order valence-electron chi connectivity index (χ3n) is 2.07. The Bertz CT molecular complexity index is 464. The third kappa shape index (κ3) is 2.49. The Balaban J connectivity index is 0.000000531. The quantitative estimate of drug-likeness (QED) is 0.660. The van der Waals surface area contributed by atoms with Crippen LogP contribution in [0, 0.1) is 20.8 Å². The van der Waals surface area contributed by atoms with E-state index in [-0.39, 0.29) is 0 Å². The summed E-state index contributed by atoms with van der Waals surface area (Å²) in [6.07, 6.45) is 1.81. The fourth-order valence-corrected chi connectivity index (χ4v) is 1.22. The Labute approximate surface area is 90.6 Å².